The quantitative estimate of drug-likeness (QED) is 0.752. The lowest BCUT2D eigenvalue weighted by atomic mass is 10.1. The maximum Gasteiger partial charge on any atom is 0.242 e. The van der Waals surface area contributed by atoms with Gasteiger partial charge in [0.2, 0.25) is 11.8 Å². The van der Waals surface area contributed by atoms with E-state index >= 15 is 0 Å². The van der Waals surface area contributed by atoms with Gasteiger partial charge in [0.15, 0.2) is 0 Å². The van der Waals surface area contributed by atoms with Gasteiger partial charge in [-0.15, -0.1) is 0 Å². The largest absolute Gasteiger partial charge is 0.384 e. The molecule has 1 N–H and O–H groups in total. The van der Waals surface area contributed by atoms with Crippen molar-refractivity contribution in [2.45, 2.75) is 38.6 Å². The van der Waals surface area contributed by atoms with Crippen LogP contribution in [0.4, 0.5) is 0 Å². The van der Waals surface area contributed by atoms with Crippen molar-refractivity contribution >= 4 is 11.8 Å². The van der Waals surface area contributed by atoms with Gasteiger partial charge in [-0.3, -0.25) is 9.59 Å². The molecule has 1 saturated carbocycles. The van der Waals surface area contributed by atoms with Crippen molar-refractivity contribution in [2.24, 2.45) is 5.41 Å². The number of nitrogens with zero attached hydrogens (tertiary/aromatic N) is 1. The summed E-state index contributed by atoms with van der Waals surface area (Å²) in [4.78, 5) is 25.2. The van der Waals surface area contributed by atoms with Crippen LogP contribution in [-0.2, 0) is 14.3 Å². The highest BCUT2D eigenvalue weighted by atomic mass is 16.5. The fourth-order valence-electron chi connectivity index (χ4n) is 2.50. The topological polar surface area (TPSA) is 58.6 Å². The van der Waals surface area contributed by atoms with Crippen LogP contribution < -0.4 is 5.32 Å². The minimum Gasteiger partial charge on any atom is -0.384 e. The number of ether oxygens (including phenoxy) is 1. The number of amides is 2. The van der Waals surface area contributed by atoms with Crippen LogP contribution in [0, 0.1) is 5.41 Å². The summed E-state index contributed by atoms with van der Waals surface area (Å²) < 4.78 is 5.16. The van der Waals surface area contributed by atoms with E-state index in [-0.39, 0.29) is 23.3 Å². The van der Waals surface area contributed by atoms with Gasteiger partial charge in [-0.1, -0.05) is 0 Å². The van der Waals surface area contributed by atoms with E-state index in [2.05, 4.69) is 5.32 Å². The molecule has 0 radical (unpaired) electrons. The van der Waals surface area contributed by atoms with Crippen molar-refractivity contribution in [3.05, 3.63) is 0 Å². The molecule has 1 heterocycles. The van der Waals surface area contributed by atoms with Gasteiger partial charge in [0.05, 0.1) is 6.61 Å². The fraction of sp³-hybridized carbons (Fsp3) is 0.846. The molecular formula is C13H22N2O3. The van der Waals surface area contributed by atoms with E-state index in [0.717, 1.165) is 19.3 Å². The lowest BCUT2D eigenvalue weighted by Gasteiger charge is -2.24. The number of hydrogen-bond acceptors (Lipinski definition) is 3. The van der Waals surface area contributed by atoms with Crippen LogP contribution in [0.2, 0.25) is 0 Å². The standard InChI is InChI=1S/C13H22N2O3/c1-10(15-7-3-4-11(15)16)12(17)14-8-13(5-6-13)9-18-2/h10H,3-9H2,1-2H3,(H,14,17)/t10-/m1/s1. The summed E-state index contributed by atoms with van der Waals surface area (Å²) in [6, 6.07) is -0.349. The molecule has 2 aliphatic rings. The fourth-order valence-corrected chi connectivity index (χ4v) is 2.50. The molecule has 1 saturated heterocycles. The zero-order valence-corrected chi connectivity index (χ0v) is 11.2. The first-order valence-electron chi connectivity index (χ1n) is 6.64. The van der Waals surface area contributed by atoms with Gasteiger partial charge in [0.1, 0.15) is 6.04 Å². The second-order valence-electron chi connectivity index (χ2n) is 5.52. The molecule has 0 unspecified atom stereocenters. The molecule has 102 valence electrons. The molecule has 0 spiro atoms. The van der Waals surface area contributed by atoms with Crippen LogP contribution in [-0.4, -0.2) is 49.6 Å². The molecule has 2 rings (SSSR count). The molecular weight excluding hydrogens is 232 g/mol. The van der Waals surface area contributed by atoms with E-state index in [1.165, 1.54) is 0 Å². The monoisotopic (exact) mass is 254 g/mol. The van der Waals surface area contributed by atoms with Gasteiger partial charge in [-0.05, 0) is 26.2 Å². The minimum atomic E-state index is -0.349. The number of methoxy groups -OCH3 is 1. The SMILES string of the molecule is COCC1(CNC(=O)[C@@H](C)N2CCCC2=O)CC1. The number of hydrogen-bond donors (Lipinski definition) is 1. The van der Waals surface area contributed by atoms with Crippen LogP contribution in [0.5, 0.6) is 0 Å². The summed E-state index contributed by atoms with van der Waals surface area (Å²) >= 11 is 0. The van der Waals surface area contributed by atoms with Crippen molar-refractivity contribution in [3.63, 3.8) is 0 Å². The number of carbonyl (C=O) groups excluding carboxylic acids is 2. The van der Waals surface area contributed by atoms with Gasteiger partial charge in [0.25, 0.3) is 0 Å². The lowest BCUT2D eigenvalue weighted by molar-refractivity contribution is -0.136. The molecule has 0 aromatic carbocycles. The summed E-state index contributed by atoms with van der Waals surface area (Å²) in [6.07, 6.45) is 3.66. The summed E-state index contributed by atoms with van der Waals surface area (Å²) in [7, 11) is 1.69. The first-order valence-corrected chi connectivity index (χ1v) is 6.64. The lowest BCUT2D eigenvalue weighted by Crippen LogP contribution is -2.47. The van der Waals surface area contributed by atoms with E-state index < -0.39 is 0 Å². The zero-order valence-electron chi connectivity index (χ0n) is 11.2. The second-order valence-corrected chi connectivity index (χ2v) is 5.52. The summed E-state index contributed by atoms with van der Waals surface area (Å²) in [5, 5.41) is 2.95. The number of nitrogens with one attached hydrogen (secondary N) is 1. The van der Waals surface area contributed by atoms with Crippen molar-refractivity contribution < 1.29 is 14.3 Å². The highest BCUT2D eigenvalue weighted by Crippen LogP contribution is 2.45. The molecule has 1 aliphatic carbocycles. The highest BCUT2D eigenvalue weighted by Gasteiger charge is 2.43. The van der Waals surface area contributed by atoms with E-state index in [9.17, 15) is 9.59 Å². The van der Waals surface area contributed by atoms with E-state index in [1.54, 1.807) is 18.9 Å². The van der Waals surface area contributed by atoms with Crippen molar-refractivity contribution in [1.29, 1.82) is 0 Å². The summed E-state index contributed by atoms with van der Waals surface area (Å²) in [5.41, 5.74) is 0.152. The molecule has 1 aliphatic heterocycles. The number of carbonyl (C=O) groups is 2. The van der Waals surface area contributed by atoms with Gasteiger partial charge >= 0.3 is 0 Å². The normalized spacial score (nSPS) is 23.0. The zero-order chi connectivity index (χ0) is 13.2. The molecule has 5 heteroatoms. The number of likely N-dealkylation sites (tertiary alicyclic amines) is 1. The van der Waals surface area contributed by atoms with Crippen LogP contribution in [0.25, 0.3) is 0 Å². The Morgan fingerprint density at radius 3 is 2.78 bits per heavy atom. The van der Waals surface area contributed by atoms with Gasteiger partial charge in [0, 0.05) is 32.0 Å². The minimum absolute atomic E-state index is 0.0485. The molecule has 2 fully saturated rings. The first kappa shape index (κ1) is 13.3. The Hall–Kier alpha value is -1.10. The third-order valence-electron chi connectivity index (χ3n) is 4.00. The molecule has 2 amide bonds. The molecule has 0 aromatic rings. The van der Waals surface area contributed by atoms with E-state index in [1.807, 2.05) is 0 Å². The molecule has 5 nitrogen and oxygen atoms in total. The highest BCUT2D eigenvalue weighted by molar-refractivity contribution is 5.88. The van der Waals surface area contributed by atoms with Gasteiger partial charge < -0.3 is 15.0 Å². The Labute approximate surface area is 108 Å². The third kappa shape index (κ3) is 2.83. The van der Waals surface area contributed by atoms with Gasteiger partial charge in [-0.2, -0.15) is 0 Å². The van der Waals surface area contributed by atoms with E-state index in [4.69, 9.17) is 4.74 Å². The Kier molecular flexibility index (Phi) is 3.90. The van der Waals surface area contributed by atoms with Crippen molar-refractivity contribution in [2.75, 3.05) is 26.8 Å². The average molecular weight is 254 g/mol. The molecule has 0 bridgehead atoms. The van der Waals surface area contributed by atoms with Crippen LogP contribution >= 0.6 is 0 Å². The third-order valence-corrected chi connectivity index (χ3v) is 4.00. The predicted molar refractivity (Wildman–Crippen MR) is 67.0 cm³/mol. The van der Waals surface area contributed by atoms with E-state index in [0.29, 0.717) is 26.1 Å². The Balaban J connectivity index is 1.79. The average Bonchev–Trinajstić information content (AvgIpc) is 2.99. The molecule has 0 aromatic heterocycles. The Morgan fingerprint density at radius 1 is 1.56 bits per heavy atom. The summed E-state index contributed by atoms with van der Waals surface area (Å²) in [6.45, 7) is 3.86. The maximum absolute atomic E-state index is 12.0. The molecule has 1 atom stereocenters. The number of rotatable bonds is 6. The van der Waals surface area contributed by atoms with Crippen molar-refractivity contribution in [1.82, 2.24) is 10.2 Å². The van der Waals surface area contributed by atoms with Crippen LogP contribution in [0.15, 0.2) is 0 Å². The second kappa shape index (κ2) is 5.26. The predicted octanol–water partition coefficient (Wildman–Crippen LogP) is 0.540. The Morgan fingerprint density at radius 2 is 2.28 bits per heavy atom. The molecule has 18 heavy (non-hydrogen) atoms. The van der Waals surface area contributed by atoms with Gasteiger partial charge in [-0.25, -0.2) is 0 Å². The first-order chi connectivity index (χ1) is 8.58. The Bertz CT molecular complexity index is 339. The summed E-state index contributed by atoms with van der Waals surface area (Å²) in [5.74, 6) is 0.0447. The van der Waals surface area contributed by atoms with Crippen molar-refractivity contribution in [3.8, 4) is 0 Å². The van der Waals surface area contributed by atoms with Crippen LogP contribution in [0.1, 0.15) is 32.6 Å². The smallest absolute Gasteiger partial charge is 0.242 e. The maximum atomic E-state index is 12.0. The van der Waals surface area contributed by atoms with Crippen LogP contribution in [0.3, 0.4) is 0 Å².